The highest BCUT2D eigenvalue weighted by atomic mass is 35.5. The minimum absolute atomic E-state index is 0.203. The van der Waals surface area contributed by atoms with Crippen molar-refractivity contribution in [2.24, 2.45) is 11.8 Å². The predicted octanol–water partition coefficient (Wildman–Crippen LogP) is 4.42. The molecular weight excluding hydrogens is 246 g/mol. The Hall–Kier alpha value is -1.20. The standard InChI is InChI=1S/C15H18ClNO/c1-10-5-11(2)7-14(6-10)18-15-8-13(16)4-3-12(15)9-17/h3-4,8,10-11,14H,5-7H2,1-2H3. The smallest absolute Gasteiger partial charge is 0.138 e. The molecule has 0 saturated heterocycles. The lowest BCUT2D eigenvalue weighted by atomic mass is 9.82. The second kappa shape index (κ2) is 5.63. The fraction of sp³-hybridized carbons (Fsp3) is 0.533. The van der Waals surface area contributed by atoms with Crippen molar-refractivity contribution in [1.29, 1.82) is 5.26 Å². The molecule has 2 unspecified atom stereocenters. The Morgan fingerprint density at radius 3 is 2.50 bits per heavy atom. The Balaban J connectivity index is 2.13. The number of hydrogen-bond donors (Lipinski definition) is 0. The summed E-state index contributed by atoms with van der Waals surface area (Å²) in [5, 5.41) is 9.68. The van der Waals surface area contributed by atoms with Gasteiger partial charge in [-0.15, -0.1) is 0 Å². The van der Waals surface area contributed by atoms with Gasteiger partial charge >= 0.3 is 0 Å². The highest BCUT2D eigenvalue weighted by Gasteiger charge is 2.25. The number of nitrogens with zero attached hydrogens (tertiary/aromatic N) is 1. The Morgan fingerprint density at radius 2 is 1.89 bits per heavy atom. The number of ether oxygens (including phenoxy) is 1. The number of halogens is 1. The summed E-state index contributed by atoms with van der Waals surface area (Å²) < 4.78 is 5.99. The van der Waals surface area contributed by atoms with Crippen LogP contribution in [-0.2, 0) is 0 Å². The Kier molecular flexibility index (Phi) is 4.14. The quantitative estimate of drug-likeness (QED) is 0.792. The van der Waals surface area contributed by atoms with Crippen molar-refractivity contribution >= 4 is 11.6 Å². The van der Waals surface area contributed by atoms with Crippen molar-refractivity contribution in [3.63, 3.8) is 0 Å². The molecule has 0 bridgehead atoms. The third-order valence-corrected chi connectivity index (χ3v) is 3.73. The Labute approximate surface area is 114 Å². The van der Waals surface area contributed by atoms with Crippen molar-refractivity contribution in [3.8, 4) is 11.8 Å². The van der Waals surface area contributed by atoms with Crippen LogP contribution in [0.3, 0.4) is 0 Å². The fourth-order valence-corrected chi connectivity index (χ4v) is 3.00. The lowest BCUT2D eigenvalue weighted by Gasteiger charge is -2.31. The monoisotopic (exact) mass is 263 g/mol. The normalized spacial score (nSPS) is 27.6. The molecule has 2 nitrogen and oxygen atoms in total. The van der Waals surface area contributed by atoms with E-state index >= 15 is 0 Å². The van der Waals surface area contributed by atoms with Gasteiger partial charge in [-0.2, -0.15) is 5.26 Å². The zero-order valence-electron chi connectivity index (χ0n) is 10.8. The third-order valence-electron chi connectivity index (χ3n) is 3.49. The van der Waals surface area contributed by atoms with E-state index in [9.17, 15) is 0 Å². The lowest BCUT2D eigenvalue weighted by molar-refractivity contribution is 0.101. The molecule has 3 heteroatoms. The van der Waals surface area contributed by atoms with Gasteiger partial charge in [0.15, 0.2) is 0 Å². The van der Waals surface area contributed by atoms with Crippen LogP contribution in [0.15, 0.2) is 18.2 Å². The number of rotatable bonds is 2. The fourth-order valence-electron chi connectivity index (χ4n) is 2.83. The molecule has 1 saturated carbocycles. The summed E-state index contributed by atoms with van der Waals surface area (Å²) in [6, 6.07) is 7.33. The largest absolute Gasteiger partial charge is 0.489 e. The van der Waals surface area contributed by atoms with Crippen molar-refractivity contribution in [3.05, 3.63) is 28.8 Å². The predicted molar refractivity (Wildman–Crippen MR) is 72.8 cm³/mol. The van der Waals surface area contributed by atoms with Gasteiger partial charge in [-0.3, -0.25) is 0 Å². The van der Waals surface area contributed by atoms with E-state index in [1.165, 1.54) is 6.42 Å². The maximum absolute atomic E-state index is 9.07. The number of hydrogen-bond acceptors (Lipinski definition) is 2. The summed E-state index contributed by atoms with van der Waals surface area (Å²) >= 11 is 5.96. The van der Waals surface area contributed by atoms with E-state index in [4.69, 9.17) is 21.6 Å². The highest BCUT2D eigenvalue weighted by molar-refractivity contribution is 6.30. The summed E-state index contributed by atoms with van der Waals surface area (Å²) in [6.07, 6.45) is 3.58. The molecule has 96 valence electrons. The molecule has 2 rings (SSSR count). The summed E-state index contributed by atoms with van der Waals surface area (Å²) in [5.74, 6) is 1.99. The molecular formula is C15H18ClNO. The third kappa shape index (κ3) is 3.17. The van der Waals surface area contributed by atoms with Gasteiger partial charge in [0.1, 0.15) is 11.8 Å². The van der Waals surface area contributed by atoms with Gasteiger partial charge in [-0.05, 0) is 43.2 Å². The van der Waals surface area contributed by atoms with Crippen LogP contribution < -0.4 is 4.74 Å². The maximum Gasteiger partial charge on any atom is 0.138 e. The molecule has 1 aliphatic rings. The minimum atomic E-state index is 0.203. The minimum Gasteiger partial charge on any atom is -0.489 e. The average Bonchev–Trinajstić information content (AvgIpc) is 2.27. The highest BCUT2D eigenvalue weighted by Crippen LogP contribution is 2.33. The van der Waals surface area contributed by atoms with Crippen molar-refractivity contribution < 1.29 is 4.74 Å². The molecule has 18 heavy (non-hydrogen) atoms. The second-order valence-electron chi connectivity index (χ2n) is 5.41. The average molecular weight is 264 g/mol. The van der Waals surface area contributed by atoms with Crippen LogP contribution >= 0.6 is 11.6 Å². The van der Waals surface area contributed by atoms with E-state index < -0.39 is 0 Å². The first-order valence-electron chi connectivity index (χ1n) is 6.44. The van der Waals surface area contributed by atoms with E-state index in [2.05, 4.69) is 19.9 Å². The van der Waals surface area contributed by atoms with Gasteiger partial charge < -0.3 is 4.74 Å². The molecule has 0 aliphatic heterocycles. The molecule has 1 aromatic rings. The molecule has 0 radical (unpaired) electrons. The molecule has 0 spiro atoms. The van der Waals surface area contributed by atoms with Crippen molar-refractivity contribution in [2.45, 2.75) is 39.2 Å². The number of nitriles is 1. The van der Waals surface area contributed by atoms with Gasteiger partial charge in [0.05, 0.1) is 11.7 Å². The van der Waals surface area contributed by atoms with Crippen LogP contribution in [0.25, 0.3) is 0 Å². The van der Waals surface area contributed by atoms with Gasteiger partial charge in [-0.25, -0.2) is 0 Å². The van der Waals surface area contributed by atoms with E-state index in [0.717, 1.165) is 12.8 Å². The van der Waals surface area contributed by atoms with Gasteiger partial charge in [0.25, 0.3) is 0 Å². The Bertz CT molecular complexity index is 456. The summed E-state index contributed by atoms with van der Waals surface area (Å²) in [7, 11) is 0. The first kappa shape index (κ1) is 13.2. The summed E-state index contributed by atoms with van der Waals surface area (Å²) in [5.41, 5.74) is 0.560. The van der Waals surface area contributed by atoms with E-state index in [0.29, 0.717) is 28.2 Å². The zero-order valence-corrected chi connectivity index (χ0v) is 11.6. The molecule has 0 amide bonds. The van der Waals surface area contributed by atoms with Crippen LogP contribution in [0.1, 0.15) is 38.7 Å². The first-order chi connectivity index (χ1) is 8.58. The topological polar surface area (TPSA) is 33.0 Å². The zero-order chi connectivity index (χ0) is 13.1. The summed E-state index contributed by atoms with van der Waals surface area (Å²) in [4.78, 5) is 0. The number of benzene rings is 1. The van der Waals surface area contributed by atoms with Crippen LogP contribution in [0, 0.1) is 23.2 Å². The molecule has 0 N–H and O–H groups in total. The molecule has 1 fully saturated rings. The molecule has 0 heterocycles. The molecule has 1 aliphatic carbocycles. The van der Waals surface area contributed by atoms with E-state index in [1.807, 2.05) is 0 Å². The second-order valence-corrected chi connectivity index (χ2v) is 5.85. The molecule has 2 atom stereocenters. The van der Waals surface area contributed by atoms with Gasteiger partial charge in [-0.1, -0.05) is 25.4 Å². The van der Waals surface area contributed by atoms with Crippen LogP contribution in [0.2, 0.25) is 5.02 Å². The Morgan fingerprint density at radius 1 is 1.22 bits per heavy atom. The SMILES string of the molecule is CC1CC(C)CC(Oc2cc(Cl)ccc2C#N)C1. The van der Waals surface area contributed by atoms with E-state index in [1.54, 1.807) is 18.2 Å². The lowest BCUT2D eigenvalue weighted by Crippen LogP contribution is -2.28. The summed E-state index contributed by atoms with van der Waals surface area (Å²) in [6.45, 7) is 4.52. The van der Waals surface area contributed by atoms with Gasteiger partial charge in [0, 0.05) is 11.1 Å². The van der Waals surface area contributed by atoms with Crippen LogP contribution in [0.4, 0.5) is 0 Å². The van der Waals surface area contributed by atoms with E-state index in [-0.39, 0.29) is 6.10 Å². The van der Waals surface area contributed by atoms with Crippen molar-refractivity contribution in [1.82, 2.24) is 0 Å². The van der Waals surface area contributed by atoms with Gasteiger partial charge in [0.2, 0.25) is 0 Å². The maximum atomic E-state index is 9.07. The van der Waals surface area contributed by atoms with Crippen LogP contribution in [-0.4, -0.2) is 6.10 Å². The molecule has 0 aromatic heterocycles. The van der Waals surface area contributed by atoms with Crippen molar-refractivity contribution in [2.75, 3.05) is 0 Å². The van der Waals surface area contributed by atoms with Crippen LogP contribution in [0.5, 0.6) is 5.75 Å². The first-order valence-corrected chi connectivity index (χ1v) is 6.82. The molecule has 1 aromatic carbocycles.